The van der Waals surface area contributed by atoms with Gasteiger partial charge in [0, 0.05) is 50.6 Å². The van der Waals surface area contributed by atoms with E-state index in [1.165, 1.54) is 31.2 Å². The van der Waals surface area contributed by atoms with Gasteiger partial charge >= 0.3 is 12.1 Å². The molecule has 0 saturated carbocycles. The Morgan fingerprint density at radius 1 is 1.00 bits per heavy atom. The molecular weight excluding hydrogens is 573 g/mol. The topological polar surface area (TPSA) is 85.6 Å². The maximum absolute atomic E-state index is 13.6. The lowest BCUT2D eigenvalue weighted by molar-refractivity contribution is -0.149. The average Bonchev–Trinajstić information content (AvgIpc) is 3.67. The van der Waals surface area contributed by atoms with Crippen molar-refractivity contribution in [2.45, 2.75) is 50.2 Å². The van der Waals surface area contributed by atoms with Gasteiger partial charge in [0.1, 0.15) is 11.9 Å². The Bertz CT molecular complexity index is 1540. The van der Waals surface area contributed by atoms with Crippen LogP contribution in [0.15, 0.2) is 78.9 Å². The minimum atomic E-state index is -4.72. The third-order valence-electron chi connectivity index (χ3n) is 8.49. The Balaban J connectivity index is 1.38. The summed E-state index contributed by atoms with van der Waals surface area (Å²) in [6.45, 7) is 3.89. The Labute approximate surface area is 253 Å². The maximum atomic E-state index is 13.6. The van der Waals surface area contributed by atoms with Crippen LogP contribution in [0.5, 0.6) is 5.75 Å². The first-order valence-corrected chi connectivity index (χ1v) is 14.5. The molecule has 0 unspecified atom stereocenters. The summed E-state index contributed by atoms with van der Waals surface area (Å²) in [6, 6.07) is 25.5. The number of carbonyl (C=O) groups excluding carboxylic acids is 1. The zero-order valence-corrected chi connectivity index (χ0v) is 24.4. The first-order chi connectivity index (χ1) is 21.2. The highest BCUT2D eigenvalue weighted by Gasteiger charge is 2.47. The minimum absolute atomic E-state index is 0.0302. The molecule has 0 spiro atoms. The van der Waals surface area contributed by atoms with Crippen LogP contribution in [-0.4, -0.2) is 80.9 Å². The number of methoxy groups -OCH3 is 1. The molecular formula is C32H33F3N6O3. The molecule has 0 N–H and O–H groups in total. The van der Waals surface area contributed by atoms with Crippen molar-refractivity contribution >= 4 is 5.97 Å². The number of benzene rings is 3. The normalized spacial score (nSPS) is 20.9. The van der Waals surface area contributed by atoms with Crippen LogP contribution in [-0.2, 0) is 22.3 Å². The van der Waals surface area contributed by atoms with Crippen LogP contribution in [0.3, 0.4) is 0 Å². The standard InChI is InChI=1S/C32H33F3N6O3/c1-21(42)44-29-15-16-40-26(29)19-39(20-27(40)30(22-9-5-3-6-10-22)23-11-7-4-8-12-23)18-24-17-25(13-14-28(24)43-2)41-31(32(33,34)35)36-37-38-41/h3-14,17,26-27,29-30H,15-16,18-20H2,1-2H3/t26-,27-,29+/m0/s1. The van der Waals surface area contributed by atoms with Gasteiger partial charge < -0.3 is 9.47 Å². The molecule has 3 atom stereocenters. The van der Waals surface area contributed by atoms with E-state index in [9.17, 15) is 18.0 Å². The number of piperazine rings is 1. The van der Waals surface area contributed by atoms with E-state index < -0.39 is 12.0 Å². The van der Waals surface area contributed by atoms with Gasteiger partial charge in [-0.25, -0.2) is 0 Å². The van der Waals surface area contributed by atoms with Gasteiger partial charge in [0.25, 0.3) is 5.82 Å². The number of carbonyl (C=O) groups is 1. The zero-order valence-electron chi connectivity index (χ0n) is 24.4. The summed E-state index contributed by atoms with van der Waals surface area (Å²) in [5.74, 6) is -0.946. The molecule has 2 aliphatic rings. The van der Waals surface area contributed by atoms with E-state index in [-0.39, 0.29) is 35.8 Å². The van der Waals surface area contributed by atoms with Gasteiger partial charge in [-0.1, -0.05) is 60.7 Å². The summed E-state index contributed by atoms with van der Waals surface area (Å²) in [5.41, 5.74) is 3.23. The molecule has 2 saturated heterocycles. The fourth-order valence-electron chi connectivity index (χ4n) is 6.72. The number of ether oxygens (including phenoxy) is 2. The predicted octanol–water partition coefficient (Wildman–Crippen LogP) is 4.71. The van der Waals surface area contributed by atoms with Crippen LogP contribution >= 0.6 is 0 Å². The second-order valence-corrected chi connectivity index (χ2v) is 11.2. The fourth-order valence-corrected chi connectivity index (χ4v) is 6.72. The van der Waals surface area contributed by atoms with Crippen molar-refractivity contribution in [1.82, 2.24) is 30.0 Å². The highest BCUT2D eigenvalue weighted by atomic mass is 19.4. The maximum Gasteiger partial charge on any atom is 0.453 e. The van der Waals surface area contributed by atoms with Crippen molar-refractivity contribution in [3.8, 4) is 11.4 Å². The molecule has 0 amide bonds. The van der Waals surface area contributed by atoms with Crippen molar-refractivity contribution < 1.29 is 27.4 Å². The van der Waals surface area contributed by atoms with Crippen molar-refractivity contribution in [2.75, 3.05) is 26.7 Å². The fraction of sp³-hybridized carbons (Fsp3) is 0.375. The molecule has 1 aromatic heterocycles. The Hall–Kier alpha value is -4.29. The number of rotatable bonds is 8. The summed E-state index contributed by atoms with van der Waals surface area (Å²) in [5, 5.41) is 10.1. The van der Waals surface area contributed by atoms with Crippen LogP contribution in [0.4, 0.5) is 13.2 Å². The van der Waals surface area contributed by atoms with Gasteiger partial charge in [-0.2, -0.15) is 17.9 Å². The highest BCUT2D eigenvalue weighted by molar-refractivity contribution is 5.66. The Morgan fingerprint density at radius 3 is 2.30 bits per heavy atom. The second kappa shape index (κ2) is 12.4. The summed E-state index contributed by atoms with van der Waals surface area (Å²) >= 11 is 0. The van der Waals surface area contributed by atoms with Crippen molar-refractivity contribution in [3.05, 3.63) is 101 Å². The molecule has 3 heterocycles. The average molecular weight is 607 g/mol. The van der Waals surface area contributed by atoms with Gasteiger partial charge in [-0.3, -0.25) is 14.6 Å². The second-order valence-electron chi connectivity index (χ2n) is 11.2. The molecule has 3 aromatic carbocycles. The van der Waals surface area contributed by atoms with Crippen molar-refractivity contribution in [1.29, 1.82) is 0 Å². The predicted molar refractivity (Wildman–Crippen MR) is 155 cm³/mol. The number of esters is 1. The lowest BCUT2D eigenvalue weighted by Crippen LogP contribution is -2.60. The zero-order chi connectivity index (χ0) is 30.8. The third-order valence-corrected chi connectivity index (χ3v) is 8.49. The summed E-state index contributed by atoms with van der Waals surface area (Å²) in [4.78, 5) is 16.8. The van der Waals surface area contributed by atoms with E-state index in [1.807, 2.05) is 36.4 Å². The smallest absolute Gasteiger partial charge is 0.453 e. The number of fused-ring (bicyclic) bond motifs is 1. The van der Waals surface area contributed by atoms with E-state index >= 15 is 0 Å². The van der Waals surface area contributed by atoms with Crippen LogP contribution in [0.25, 0.3) is 5.69 Å². The summed E-state index contributed by atoms with van der Waals surface area (Å²) in [7, 11) is 1.53. The Kier molecular flexibility index (Phi) is 8.37. The molecule has 12 heteroatoms. The molecule has 44 heavy (non-hydrogen) atoms. The first kappa shape index (κ1) is 29.8. The van der Waals surface area contributed by atoms with E-state index in [2.05, 4.69) is 49.6 Å². The number of halogens is 3. The van der Waals surface area contributed by atoms with Crippen molar-refractivity contribution in [3.63, 3.8) is 0 Å². The lowest BCUT2D eigenvalue weighted by atomic mass is 9.82. The molecule has 0 bridgehead atoms. The number of tetrazole rings is 1. The van der Waals surface area contributed by atoms with Gasteiger partial charge in [-0.05, 0) is 46.2 Å². The van der Waals surface area contributed by atoms with Gasteiger partial charge in [-0.15, -0.1) is 5.10 Å². The van der Waals surface area contributed by atoms with Gasteiger partial charge in [0.15, 0.2) is 0 Å². The number of hydrogen-bond acceptors (Lipinski definition) is 8. The molecule has 230 valence electrons. The Morgan fingerprint density at radius 2 is 1.68 bits per heavy atom. The van der Waals surface area contributed by atoms with E-state index in [1.54, 1.807) is 12.1 Å². The van der Waals surface area contributed by atoms with Crippen LogP contribution in [0.2, 0.25) is 0 Å². The van der Waals surface area contributed by atoms with Gasteiger partial charge in [0.2, 0.25) is 0 Å². The molecule has 0 radical (unpaired) electrons. The molecule has 2 aliphatic heterocycles. The quantitative estimate of drug-likeness (QED) is 0.267. The van der Waals surface area contributed by atoms with Crippen LogP contribution in [0, 0.1) is 0 Å². The highest BCUT2D eigenvalue weighted by Crippen LogP contribution is 2.39. The van der Waals surface area contributed by atoms with Crippen LogP contribution in [0.1, 0.15) is 41.8 Å². The number of nitrogens with zero attached hydrogens (tertiary/aromatic N) is 6. The summed E-state index contributed by atoms with van der Waals surface area (Å²) in [6.07, 6.45) is -4.26. The lowest BCUT2D eigenvalue weighted by Gasteiger charge is -2.48. The largest absolute Gasteiger partial charge is 0.496 e. The van der Waals surface area contributed by atoms with Gasteiger partial charge in [0.05, 0.1) is 18.8 Å². The monoisotopic (exact) mass is 606 g/mol. The van der Waals surface area contributed by atoms with E-state index in [0.29, 0.717) is 35.6 Å². The van der Waals surface area contributed by atoms with Crippen LogP contribution < -0.4 is 4.74 Å². The number of aromatic nitrogens is 4. The first-order valence-electron chi connectivity index (χ1n) is 14.5. The molecule has 6 rings (SSSR count). The van der Waals surface area contributed by atoms with Crippen molar-refractivity contribution in [2.24, 2.45) is 0 Å². The third kappa shape index (κ3) is 6.04. The minimum Gasteiger partial charge on any atom is -0.496 e. The number of hydrogen-bond donors (Lipinski definition) is 0. The molecule has 4 aromatic rings. The SMILES string of the molecule is COc1ccc(-n2nnnc2C(F)(F)F)cc1CN1C[C@@H](C(c2ccccc2)c2ccccc2)N2CC[C@@H](OC(C)=O)[C@@H]2C1. The van der Waals surface area contributed by atoms with E-state index in [0.717, 1.165) is 13.0 Å². The summed E-state index contributed by atoms with van der Waals surface area (Å²) < 4.78 is 52.9. The molecule has 9 nitrogen and oxygen atoms in total. The molecule has 2 fully saturated rings. The molecule has 0 aliphatic carbocycles. The number of alkyl halides is 3. The van der Waals surface area contributed by atoms with E-state index in [4.69, 9.17) is 9.47 Å².